The first-order valence-electron chi connectivity index (χ1n) is 6.81. The lowest BCUT2D eigenvalue weighted by molar-refractivity contribution is 0.0928. The van der Waals surface area contributed by atoms with E-state index in [1.54, 1.807) is 6.26 Å². The van der Waals surface area contributed by atoms with E-state index in [0.29, 0.717) is 11.6 Å². The summed E-state index contributed by atoms with van der Waals surface area (Å²) in [5.41, 5.74) is 1.43. The Hall–Kier alpha value is -1.81. The second-order valence-corrected chi connectivity index (χ2v) is 5.61. The number of hydrogen-bond donors (Lipinski definition) is 2. The molecule has 98 valence electrons. The second-order valence-electron chi connectivity index (χ2n) is 5.61. The predicted octanol–water partition coefficient (Wildman–Crippen LogP) is 1.91. The van der Waals surface area contributed by atoms with Crippen LogP contribution in [0.3, 0.4) is 0 Å². The van der Waals surface area contributed by atoms with E-state index in [1.807, 2.05) is 24.3 Å². The van der Waals surface area contributed by atoms with E-state index in [2.05, 4.69) is 10.6 Å². The fourth-order valence-electron chi connectivity index (χ4n) is 3.36. The number of amides is 1. The highest BCUT2D eigenvalue weighted by molar-refractivity contribution is 5.97. The highest BCUT2D eigenvalue weighted by Crippen LogP contribution is 2.31. The van der Waals surface area contributed by atoms with Gasteiger partial charge in [-0.1, -0.05) is 6.07 Å². The number of fused-ring (bicyclic) bond motifs is 3. The molecule has 1 aromatic heterocycles. The van der Waals surface area contributed by atoms with Crippen LogP contribution in [0.25, 0.3) is 11.0 Å². The topological polar surface area (TPSA) is 54.3 Å². The van der Waals surface area contributed by atoms with Crippen LogP contribution >= 0.6 is 0 Å². The number of rotatable bonds is 2. The maximum atomic E-state index is 12.3. The van der Waals surface area contributed by atoms with Gasteiger partial charge in [0.1, 0.15) is 5.58 Å². The number of furan rings is 1. The minimum atomic E-state index is -0.00218. The fraction of sp³-hybridized carbons (Fsp3) is 0.400. The lowest BCUT2D eigenvalue weighted by Gasteiger charge is -2.23. The molecular weight excluding hydrogens is 240 g/mol. The zero-order chi connectivity index (χ0) is 12.8. The monoisotopic (exact) mass is 256 g/mol. The summed E-state index contributed by atoms with van der Waals surface area (Å²) >= 11 is 0. The van der Waals surface area contributed by atoms with Gasteiger partial charge in [0.2, 0.25) is 0 Å². The van der Waals surface area contributed by atoms with Crippen molar-refractivity contribution in [2.24, 2.45) is 5.92 Å². The zero-order valence-corrected chi connectivity index (χ0v) is 10.6. The van der Waals surface area contributed by atoms with Gasteiger partial charge in [-0.3, -0.25) is 4.79 Å². The number of benzene rings is 1. The number of carbonyl (C=O) groups excluding carboxylic acids is 1. The molecule has 2 fully saturated rings. The summed E-state index contributed by atoms with van der Waals surface area (Å²) in [5.74, 6) is 0.737. The molecule has 1 aromatic carbocycles. The molecule has 19 heavy (non-hydrogen) atoms. The van der Waals surface area contributed by atoms with E-state index in [4.69, 9.17) is 4.42 Å². The third-order valence-corrected chi connectivity index (χ3v) is 4.36. The number of nitrogens with one attached hydrogen (secondary N) is 2. The molecule has 2 N–H and O–H groups in total. The van der Waals surface area contributed by atoms with Crippen LogP contribution in [0.1, 0.15) is 23.2 Å². The quantitative estimate of drug-likeness (QED) is 0.863. The Morgan fingerprint density at radius 2 is 2.26 bits per heavy atom. The average molecular weight is 256 g/mol. The largest absolute Gasteiger partial charge is 0.464 e. The Morgan fingerprint density at radius 3 is 3.05 bits per heavy atom. The van der Waals surface area contributed by atoms with Crippen LogP contribution in [0.2, 0.25) is 0 Å². The van der Waals surface area contributed by atoms with Crippen LogP contribution in [0.5, 0.6) is 0 Å². The maximum absolute atomic E-state index is 12.3. The fourth-order valence-corrected chi connectivity index (χ4v) is 3.36. The van der Waals surface area contributed by atoms with E-state index >= 15 is 0 Å². The van der Waals surface area contributed by atoms with E-state index in [1.165, 1.54) is 6.42 Å². The van der Waals surface area contributed by atoms with Crippen molar-refractivity contribution < 1.29 is 9.21 Å². The SMILES string of the molecule is O=C(NC1CC2CNC1C2)c1ccc2ccoc2c1. The molecule has 3 unspecified atom stereocenters. The van der Waals surface area contributed by atoms with E-state index in [9.17, 15) is 4.79 Å². The van der Waals surface area contributed by atoms with E-state index in [-0.39, 0.29) is 11.9 Å². The van der Waals surface area contributed by atoms with Gasteiger partial charge in [0.15, 0.2) is 0 Å². The third kappa shape index (κ3) is 1.83. The molecule has 1 amide bonds. The lowest BCUT2D eigenvalue weighted by atomic mass is 10.1. The summed E-state index contributed by atoms with van der Waals surface area (Å²) in [4.78, 5) is 12.3. The van der Waals surface area contributed by atoms with Crippen LogP contribution in [0.15, 0.2) is 34.9 Å². The minimum absolute atomic E-state index is 0.00218. The highest BCUT2D eigenvalue weighted by Gasteiger charge is 2.40. The van der Waals surface area contributed by atoms with Crippen molar-refractivity contribution in [1.82, 2.24) is 10.6 Å². The molecule has 0 radical (unpaired) electrons. The molecule has 4 nitrogen and oxygen atoms in total. The van der Waals surface area contributed by atoms with Gasteiger partial charge in [0.05, 0.1) is 6.26 Å². The Balaban J connectivity index is 1.53. The van der Waals surface area contributed by atoms with Crippen LogP contribution in [0, 0.1) is 5.92 Å². The summed E-state index contributed by atoms with van der Waals surface area (Å²) in [6, 6.07) is 8.22. The van der Waals surface area contributed by atoms with Gasteiger partial charge in [0, 0.05) is 23.0 Å². The Morgan fingerprint density at radius 1 is 1.32 bits per heavy atom. The first-order valence-corrected chi connectivity index (χ1v) is 6.81. The lowest BCUT2D eigenvalue weighted by Crippen LogP contribution is -2.47. The third-order valence-electron chi connectivity index (χ3n) is 4.36. The Bertz CT molecular complexity index is 634. The Kier molecular flexibility index (Phi) is 2.38. The zero-order valence-electron chi connectivity index (χ0n) is 10.6. The van der Waals surface area contributed by atoms with Crippen molar-refractivity contribution >= 4 is 16.9 Å². The normalized spacial score (nSPS) is 28.9. The number of carbonyl (C=O) groups is 1. The Labute approximate surface area is 111 Å². The van der Waals surface area contributed by atoms with Crippen LogP contribution in [-0.2, 0) is 0 Å². The molecule has 1 saturated carbocycles. The van der Waals surface area contributed by atoms with Gasteiger partial charge < -0.3 is 15.1 Å². The van der Waals surface area contributed by atoms with Crippen molar-refractivity contribution in [3.63, 3.8) is 0 Å². The standard InChI is InChI=1S/C15H16N2O2/c18-15(17-13-6-9-5-12(13)16-8-9)11-2-1-10-3-4-19-14(10)7-11/h1-4,7,9,12-13,16H,5-6,8H2,(H,17,18). The van der Waals surface area contributed by atoms with Crippen molar-refractivity contribution in [3.05, 3.63) is 36.1 Å². The molecule has 1 aliphatic heterocycles. The molecule has 4 heteroatoms. The highest BCUT2D eigenvalue weighted by atomic mass is 16.3. The van der Waals surface area contributed by atoms with E-state index in [0.717, 1.165) is 29.9 Å². The smallest absolute Gasteiger partial charge is 0.251 e. The van der Waals surface area contributed by atoms with Crippen LogP contribution in [-0.4, -0.2) is 24.5 Å². The van der Waals surface area contributed by atoms with Crippen molar-refractivity contribution in [1.29, 1.82) is 0 Å². The first-order chi connectivity index (χ1) is 9.29. The van der Waals surface area contributed by atoms with Crippen LogP contribution in [0.4, 0.5) is 0 Å². The summed E-state index contributed by atoms with van der Waals surface area (Å²) in [6.07, 6.45) is 3.95. The summed E-state index contributed by atoms with van der Waals surface area (Å²) in [5, 5.41) is 7.62. The molecule has 2 aromatic rings. The molecule has 1 saturated heterocycles. The van der Waals surface area contributed by atoms with Gasteiger partial charge >= 0.3 is 0 Å². The molecular formula is C15H16N2O2. The molecule has 3 atom stereocenters. The molecule has 2 bridgehead atoms. The van der Waals surface area contributed by atoms with Crippen molar-refractivity contribution in [2.75, 3.05) is 6.54 Å². The van der Waals surface area contributed by atoms with Gasteiger partial charge in [-0.05, 0) is 43.5 Å². The van der Waals surface area contributed by atoms with Gasteiger partial charge in [-0.2, -0.15) is 0 Å². The maximum Gasteiger partial charge on any atom is 0.251 e. The molecule has 2 heterocycles. The average Bonchev–Trinajstić information content (AvgIpc) is 3.13. The van der Waals surface area contributed by atoms with Gasteiger partial charge in [-0.25, -0.2) is 0 Å². The van der Waals surface area contributed by atoms with E-state index < -0.39 is 0 Å². The van der Waals surface area contributed by atoms with Crippen LogP contribution < -0.4 is 10.6 Å². The molecule has 1 aliphatic carbocycles. The molecule has 4 rings (SSSR count). The number of piperidine rings is 1. The van der Waals surface area contributed by atoms with Gasteiger partial charge in [-0.15, -0.1) is 0 Å². The summed E-state index contributed by atoms with van der Waals surface area (Å²) < 4.78 is 5.34. The molecule has 2 aliphatic rings. The predicted molar refractivity (Wildman–Crippen MR) is 72.0 cm³/mol. The minimum Gasteiger partial charge on any atom is -0.464 e. The second kappa shape index (κ2) is 4.10. The first kappa shape index (κ1) is 11.1. The molecule has 0 spiro atoms. The van der Waals surface area contributed by atoms with Gasteiger partial charge in [0.25, 0.3) is 5.91 Å². The summed E-state index contributed by atoms with van der Waals surface area (Å²) in [7, 11) is 0. The van der Waals surface area contributed by atoms with Crippen molar-refractivity contribution in [2.45, 2.75) is 24.9 Å². The number of hydrogen-bond acceptors (Lipinski definition) is 3. The summed E-state index contributed by atoms with van der Waals surface area (Å²) in [6.45, 7) is 1.11. The van der Waals surface area contributed by atoms with Crippen molar-refractivity contribution in [3.8, 4) is 0 Å².